The van der Waals surface area contributed by atoms with Crippen LogP contribution in [0.1, 0.15) is 15.3 Å². The number of benzene rings is 1. The quantitative estimate of drug-likeness (QED) is 0.408. The van der Waals surface area contributed by atoms with Gasteiger partial charge in [-0.2, -0.15) is 4.31 Å². The number of nitro benzene ring substituents is 1. The minimum atomic E-state index is -3.55. The number of carbonyl (C=O) groups excluding carboxylic acids is 1. The highest BCUT2D eigenvalue weighted by Crippen LogP contribution is 2.28. The monoisotopic (exact) mass is 435 g/mol. The van der Waals surface area contributed by atoms with Crippen LogP contribution in [0, 0.1) is 24.0 Å². The van der Waals surface area contributed by atoms with E-state index in [1.807, 2.05) is 6.92 Å². The molecule has 0 spiro atoms. The lowest BCUT2D eigenvalue weighted by Crippen LogP contribution is -2.50. The molecule has 154 valence electrons. The summed E-state index contributed by atoms with van der Waals surface area (Å²) in [6.07, 6.45) is 2.99. The van der Waals surface area contributed by atoms with E-state index in [1.165, 1.54) is 33.9 Å². The van der Waals surface area contributed by atoms with Gasteiger partial charge < -0.3 is 4.90 Å². The summed E-state index contributed by atoms with van der Waals surface area (Å²) in [5.74, 6) is -0.219. The van der Waals surface area contributed by atoms with Gasteiger partial charge in [-0.1, -0.05) is 0 Å². The van der Waals surface area contributed by atoms with Crippen molar-refractivity contribution in [2.75, 3.05) is 26.2 Å². The standard InChI is InChI=1S/C19H21N3O5S2/c1-14-13-18(15(2)28-14)29(26,27)21-11-9-20(10-12-21)19(23)8-5-16-3-6-17(7-4-16)22(24)25/h3-8,13H,9-12H2,1-2H3. The van der Waals surface area contributed by atoms with Crippen LogP contribution in [0.3, 0.4) is 0 Å². The van der Waals surface area contributed by atoms with Crippen LogP contribution >= 0.6 is 11.3 Å². The van der Waals surface area contributed by atoms with Gasteiger partial charge >= 0.3 is 0 Å². The first-order valence-electron chi connectivity index (χ1n) is 8.97. The van der Waals surface area contributed by atoms with Crippen LogP contribution in [0.4, 0.5) is 5.69 Å². The number of hydrogen-bond acceptors (Lipinski definition) is 6. The number of piperazine rings is 1. The summed E-state index contributed by atoms with van der Waals surface area (Å²) in [4.78, 5) is 26.2. The Kier molecular flexibility index (Phi) is 6.15. The molecule has 0 bridgehead atoms. The van der Waals surface area contributed by atoms with Gasteiger partial charge in [0.05, 0.1) is 9.82 Å². The zero-order valence-electron chi connectivity index (χ0n) is 16.1. The molecule has 1 fully saturated rings. The van der Waals surface area contributed by atoms with Crippen LogP contribution in [0.15, 0.2) is 41.3 Å². The lowest BCUT2D eigenvalue weighted by molar-refractivity contribution is -0.384. The molecule has 29 heavy (non-hydrogen) atoms. The van der Waals surface area contributed by atoms with Crippen LogP contribution in [-0.2, 0) is 14.8 Å². The number of sulfonamides is 1. The lowest BCUT2D eigenvalue weighted by atomic mass is 10.2. The fraction of sp³-hybridized carbons (Fsp3) is 0.316. The second-order valence-electron chi connectivity index (χ2n) is 6.69. The Morgan fingerprint density at radius 3 is 2.28 bits per heavy atom. The molecule has 0 unspecified atom stereocenters. The van der Waals surface area contributed by atoms with E-state index >= 15 is 0 Å². The first kappa shape index (κ1) is 21.2. The summed E-state index contributed by atoms with van der Waals surface area (Å²) in [6.45, 7) is 4.79. The highest BCUT2D eigenvalue weighted by Gasteiger charge is 2.31. The van der Waals surface area contributed by atoms with Crippen molar-refractivity contribution >= 4 is 39.0 Å². The highest BCUT2D eigenvalue weighted by molar-refractivity contribution is 7.89. The van der Waals surface area contributed by atoms with Crippen molar-refractivity contribution in [1.82, 2.24) is 9.21 Å². The zero-order valence-corrected chi connectivity index (χ0v) is 17.7. The van der Waals surface area contributed by atoms with Crippen LogP contribution < -0.4 is 0 Å². The van der Waals surface area contributed by atoms with Gasteiger partial charge in [0.25, 0.3) is 5.69 Å². The lowest BCUT2D eigenvalue weighted by Gasteiger charge is -2.33. The maximum Gasteiger partial charge on any atom is 0.269 e. The van der Waals surface area contributed by atoms with Gasteiger partial charge in [-0.15, -0.1) is 11.3 Å². The van der Waals surface area contributed by atoms with Gasteiger partial charge in [-0.25, -0.2) is 8.42 Å². The molecule has 3 rings (SSSR count). The van der Waals surface area contributed by atoms with Crippen LogP contribution in [0.25, 0.3) is 6.08 Å². The average Bonchev–Trinajstić information content (AvgIpc) is 3.05. The first-order valence-corrected chi connectivity index (χ1v) is 11.2. The summed E-state index contributed by atoms with van der Waals surface area (Å²) in [5.41, 5.74) is 0.662. The second-order valence-corrected chi connectivity index (χ2v) is 10.1. The predicted octanol–water partition coefficient (Wildman–Crippen LogP) is 2.82. The Hall–Kier alpha value is -2.56. The fourth-order valence-corrected chi connectivity index (χ4v) is 6.08. The SMILES string of the molecule is Cc1cc(S(=O)(=O)N2CCN(C(=O)C=Cc3ccc([N+](=O)[O-])cc3)CC2)c(C)s1. The summed E-state index contributed by atoms with van der Waals surface area (Å²) in [6, 6.07) is 7.58. The molecule has 1 aliphatic heterocycles. The van der Waals surface area contributed by atoms with Crippen LogP contribution in [0.2, 0.25) is 0 Å². The Bertz CT molecular complexity index is 1050. The number of thiophene rings is 1. The third-order valence-corrected chi connectivity index (χ3v) is 7.81. The minimum absolute atomic E-state index is 0.0122. The third-order valence-electron chi connectivity index (χ3n) is 4.69. The maximum atomic E-state index is 12.9. The van der Waals surface area contributed by atoms with E-state index in [4.69, 9.17) is 0 Å². The van der Waals surface area contributed by atoms with Gasteiger partial charge in [0.2, 0.25) is 15.9 Å². The summed E-state index contributed by atoms with van der Waals surface area (Å²) in [5, 5.41) is 10.7. The Labute approximate surface area is 173 Å². The van der Waals surface area contributed by atoms with Crippen molar-refractivity contribution < 1.29 is 18.1 Å². The number of non-ortho nitro benzene ring substituents is 1. The summed E-state index contributed by atoms with van der Waals surface area (Å²) in [7, 11) is -3.55. The van der Waals surface area contributed by atoms with Crippen LogP contribution in [-0.4, -0.2) is 54.6 Å². The predicted molar refractivity (Wildman–Crippen MR) is 111 cm³/mol. The maximum absolute atomic E-state index is 12.9. The smallest absolute Gasteiger partial charge is 0.269 e. The molecule has 1 saturated heterocycles. The molecule has 0 radical (unpaired) electrons. The number of carbonyl (C=O) groups is 1. The number of amides is 1. The van der Waals surface area contributed by atoms with E-state index in [1.54, 1.807) is 36.1 Å². The van der Waals surface area contributed by atoms with Gasteiger partial charge in [-0.3, -0.25) is 14.9 Å². The number of nitro groups is 1. The molecule has 8 nitrogen and oxygen atoms in total. The number of nitrogens with zero attached hydrogens (tertiary/aromatic N) is 3. The number of aryl methyl sites for hydroxylation is 2. The molecule has 2 aromatic rings. The normalized spacial score (nSPS) is 15.7. The summed E-state index contributed by atoms with van der Waals surface area (Å²) < 4.78 is 27.1. The van der Waals surface area contributed by atoms with E-state index in [0.29, 0.717) is 23.5 Å². The molecule has 1 amide bonds. The Morgan fingerprint density at radius 1 is 1.14 bits per heavy atom. The van der Waals surface area contributed by atoms with Crippen LogP contribution in [0.5, 0.6) is 0 Å². The topological polar surface area (TPSA) is 101 Å². The third kappa shape index (κ3) is 4.72. The van der Waals surface area contributed by atoms with E-state index in [0.717, 1.165) is 9.75 Å². The molecule has 2 heterocycles. The van der Waals surface area contributed by atoms with Crippen molar-refractivity contribution in [1.29, 1.82) is 0 Å². The van der Waals surface area contributed by atoms with E-state index < -0.39 is 14.9 Å². The number of hydrogen-bond donors (Lipinski definition) is 0. The minimum Gasteiger partial charge on any atom is -0.337 e. The van der Waals surface area contributed by atoms with Gasteiger partial charge in [0, 0.05) is 54.1 Å². The van der Waals surface area contributed by atoms with Gasteiger partial charge in [-0.05, 0) is 43.7 Å². The van der Waals surface area contributed by atoms with Gasteiger partial charge in [0.1, 0.15) is 0 Å². The Balaban J connectivity index is 1.60. The summed E-state index contributed by atoms with van der Waals surface area (Å²) >= 11 is 1.46. The second kappa shape index (κ2) is 8.44. The van der Waals surface area contributed by atoms with E-state index in [9.17, 15) is 23.3 Å². The molecular weight excluding hydrogens is 414 g/mol. The highest BCUT2D eigenvalue weighted by atomic mass is 32.2. The van der Waals surface area contributed by atoms with E-state index in [2.05, 4.69) is 0 Å². The molecule has 1 aliphatic rings. The van der Waals surface area contributed by atoms with Crippen molar-refractivity contribution in [3.05, 3.63) is 61.8 Å². The Morgan fingerprint density at radius 2 is 1.76 bits per heavy atom. The molecule has 0 N–H and O–H groups in total. The molecule has 10 heteroatoms. The van der Waals surface area contributed by atoms with Crippen molar-refractivity contribution in [3.8, 4) is 0 Å². The average molecular weight is 436 g/mol. The fourth-order valence-electron chi connectivity index (χ4n) is 3.13. The molecule has 0 aliphatic carbocycles. The zero-order chi connectivity index (χ0) is 21.2. The number of rotatable bonds is 5. The van der Waals surface area contributed by atoms with E-state index in [-0.39, 0.29) is 24.7 Å². The first-order chi connectivity index (χ1) is 13.7. The van der Waals surface area contributed by atoms with Crippen molar-refractivity contribution in [3.63, 3.8) is 0 Å². The van der Waals surface area contributed by atoms with Crippen molar-refractivity contribution in [2.24, 2.45) is 0 Å². The molecule has 1 aromatic carbocycles. The molecule has 0 atom stereocenters. The van der Waals surface area contributed by atoms with Crippen molar-refractivity contribution in [2.45, 2.75) is 18.7 Å². The molecular formula is C19H21N3O5S2. The largest absolute Gasteiger partial charge is 0.337 e. The van der Waals surface area contributed by atoms with Gasteiger partial charge in [0.15, 0.2) is 0 Å². The molecule has 0 saturated carbocycles. The molecule has 1 aromatic heterocycles.